The summed E-state index contributed by atoms with van der Waals surface area (Å²) in [6.45, 7) is 3.42. The Morgan fingerprint density at radius 3 is 2.95 bits per heavy atom. The molecule has 0 spiro atoms. The number of piperidine rings is 1. The zero-order valence-corrected chi connectivity index (χ0v) is 12.9. The molecule has 1 aromatic heterocycles. The molecule has 1 aliphatic carbocycles. The molecule has 1 atom stereocenters. The van der Waals surface area contributed by atoms with E-state index < -0.39 is 0 Å². The lowest BCUT2D eigenvalue weighted by molar-refractivity contribution is 0.137. The van der Waals surface area contributed by atoms with Crippen LogP contribution in [0.15, 0.2) is 22.9 Å². The second kappa shape index (κ2) is 6.33. The van der Waals surface area contributed by atoms with Gasteiger partial charge in [-0.2, -0.15) is 0 Å². The van der Waals surface area contributed by atoms with E-state index in [-0.39, 0.29) is 0 Å². The number of hydrogen-bond donors (Lipinski definition) is 1. The van der Waals surface area contributed by atoms with E-state index in [1.54, 1.807) is 0 Å². The first-order valence-corrected chi connectivity index (χ1v) is 8.17. The maximum Gasteiger partial charge on any atom is 0.0410 e. The standard InChI is InChI=1S/C15H22BrN3/c16-13-7-12(8-17-9-13)11-19-6-2-1-3-15(19)10-18-14-4-5-14/h7-9,14-15,18H,1-6,10-11H2. The van der Waals surface area contributed by atoms with Gasteiger partial charge in [0.15, 0.2) is 0 Å². The second-order valence-electron chi connectivity index (χ2n) is 5.81. The molecule has 0 bridgehead atoms. The minimum atomic E-state index is 0.702. The fourth-order valence-corrected chi connectivity index (χ4v) is 3.28. The number of aromatic nitrogens is 1. The normalized spacial score (nSPS) is 24.6. The molecule has 2 fully saturated rings. The number of nitrogens with one attached hydrogen (secondary N) is 1. The van der Waals surface area contributed by atoms with E-state index in [9.17, 15) is 0 Å². The molecule has 0 radical (unpaired) electrons. The van der Waals surface area contributed by atoms with Crippen LogP contribution in [0.25, 0.3) is 0 Å². The molecular weight excluding hydrogens is 302 g/mol. The molecule has 1 N–H and O–H groups in total. The predicted molar refractivity (Wildman–Crippen MR) is 81.0 cm³/mol. The Morgan fingerprint density at radius 1 is 1.26 bits per heavy atom. The van der Waals surface area contributed by atoms with Crippen LogP contribution in [0.4, 0.5) is 0 Å². The van der Waals surface area contributed by atoms with E-state index in [0.717, 1.165) is 23.6 Å². The van der Waals surface area contributed by atoms with Crippen LogP contribution >= 0.6 is 15.9 Å². The van der Waals surface area contributed by atoms with Gasteiger partial charge in [-0.1, -0.05) is 6.42 Å². The highest BCUT2D eigenvalue weighted by atomic mass is 79.9. The van der Waals surface area contributed by atoms with Crippen LogP contribution in [0, 0.1) is 0 Å². The summed E-state index contributed by atoms with van der Waals surface area (Å²) < 4.78 is 1.08. The fourth-order valence-electron chi connectivity index (χ4n) is 2.87. The molecule has 4 heteroatoms. The van der Waals surface area contributed by atoms with Crippen molar-refractivity contribution in [1.29, 1.82) is 0 Å². The van der Waals surface area contributed by atoms with Gasteiger partial charge in [0.25, 0.3) is 0 Å². The number of pyridine rings is 1. The molecule has 1 aliphatic heterocycles. The van der Waals surface area contributed by atoms with Gasteiger partial charge >= 0.3 is 0 Å². The Labute approximate surface area is 123 Å². The Balaban J connectivity index is 1.59. The maximum absolute atomic E-state index is 4.27. The fraction of sp³-hybridized carbons (Fsp3) is 0.667. The topological polar surface area (TPSA) is 28.2 Å². The summed E-state index contributed by atoms with van der Waals surface area (Å²) in [4.78, 5) is 6.90. The number of hydrogen-bond acceptors (Lipinski definition) is 3. The van der Waals surface area contributed by atoms with Crippen molar-refractivity contribution in [3.05, 3.63) is 28.5 Å². The lowest BCUT2D eigenvalue weighted by atomic mass is 10.0. The van der Waals surface area contributed by atoms with Gasteiger partial charge in [0.2, 0.25) is 0 Å². The van der Waals surface area contributed by atoms with Crippen molar-refractivity contribution in [3.63, 3.8) is 0 Å². The summed E-state index contributed by atoms with van der Waals surface area (Å²) in [6, 6.07) is 3.71. The van der Waals surface area contributed by atoms with E-state index in [2.05, 4.69) is 37.2 Å². The van der Waals surface area contributed by atoms with Crippen LogP contribution in [-0.2, 0) is 6.54 Å². The van der Waals surface area contributed by atoms with E-state index in [0.29, 0.717) is 6.04 Å². The van der Waals surface area contributed by atoms with Gasteiger partial charge in [-0.15, -0.1) is 0 Å². The third-order valence-corrected chi connectivity index (χ3v) is 4.55. The van der Waals surface area contributed by atoms with E-state index in [1.165, 1.54) is 44.2 Å². The van der Waals surface area contributed by atoms with Crippen molar-refractivity contribution < 1.29 is 0 Å². The second-order valence-corrected chi connectivity index (χ2v) is 6.73. The van der Waals surface area contributed by atoms with Crippen molar-refractivity contribution in [2.45, 2.75) is 50.7 Å². The van der Waals surface area contributed by atoms with Gasteiger partial charge in [0, 0.05) is 42.0 Å². The predicted octanol–water partition coefficient (Wildman–Crippen LogP) is 2.95. The summed E-state index contributed by atoms with van der Waals surface area (Å²) in [5, 5.41) is 3.69. The van der Waals surface area contributed by atoms with Crippen molar-refractivity contribution in [1.82, 2.24) is 15.2 Å². The molecule has 2 aliphatic rings. The third-order valence-electron chi connectivity index (χ3n) is 4.12. The van der Waals surface area contributed by atoms with Gasteiger partial charge in [0.05, 0.1) is 0 Å². The first-order valence-electron chi connectivity index (χ1n) is 7.38. The van der Waals surface area contributed by atoms with Crippen LogP contribution in [0.5, 0.6) is 0 Å². The average molecular weight is 324 g/mol. The third kappa shape index (κ3) is 4.01. The molecule has 3 rings (SSSR count). The Hall–Kier alpha value is -0.450. The van der Waals surface area contributed by atoms with Gasteiger partial charge in [-0.05, 0) is 59.8 Å². The SMILES string of the molecule is Brc1cncc(CN2CCCCC2CNC2CC2)c1. The maximum atomic E-state index is 4.27. The summed E-state index contributed by atoms with van der Waals surface area (Å²) in [5.74, 6) is 0. The van der Waals surface area contributed by atoms with Gasteiger partial charge in [-0.25, -0.2) is 0 Å². The van der Waals surface area contributed by atoms with Crippen LogP contribution in [0.2, 0.25) is 0 Å². The monoisotopic (exact) mass is 323 g/mol. The molecule has 1 unspecified atom stereocenters. The zero-order valence-electron chi connectivity index (χ0n) is 11.3. The van der Waals surface area contributed by atoms with Crippen LogP contribution < -0.4 is 5.32 Å². The quantitative estimate of drug-likeness (QED) is 0.903. The van der Waals surface area contributed by atoms with Gasteiger partial charge in [0.1, 0.15) is 0 Å². The summed E-state index contributed by atoms with van der Waals surface area (Å²) in [6.07, 6.45) is 10.6. The van der Waals surface area contributed by atoms with E-state index in [1.807, 2.05) is 12.4 Å². The van der Waals surface area contributed by atoms with Crippen LogP contribution in [0.1, 0.15) is 37.7 Å². The summed E-state index contributed by atoms with van der Waals surface area (Å²) in [7, 11) is 0. The average Bonchev–Trinajstić information content (AvgIpc) is 3.22. The highest BCUT2D eigenvalue weighted by Crippen LogP contribution is 2.23. The van der Waals surface area contributed by atoms with E-state index >= 15 is 0 Å². The van der Waals surface area contributed by atoms with Crippen molar-refractivity contribution in [3.8, 4) is 0 Å². The molecule has 0 aromatic carbocycles. The zero-order chi connectivity index (χ0) is 13.1. The molecule has 3 nitrogen and oxygen atoms in total. The van der Waals surface area contributed by atoms with Crippen LogP contribution in [0.3, 0.4) is 0 Å². The Kier molecular flexibility index (Phi) is 4.51. The van der Waals surface area contributed by atoms with Gasteiger partial charge in [-0.3, -0.25) is 9.88 Å². The first kappa shape index (κ1) is 13.5. The molecule has 1 aromatic rings. The van der Waals surface area contributed by atoms with Gasteiger partial charge < -0.3 is 5.32 Å². The Bertz CT molecular complexity index is 420. The van der Waals surface area contributed by atoms with Crippen molar-refractivity contribution in [2.75, 3.05) is 13.1 Å². The van der Waals surface area contributed by atoms with Crippen LogP contribution in [-0.4, -0.2) is 35.1 Å². The number of rotatable bonds is 5. The number of nitrogens with zero attached hydrogens (tertiary/aromatic N) is 2. The highest BCUT2D eigenvalue weighted by molar-refractivity contribution is 9.10. The molecule has 1 saturated heterocycles. The molecular formula is C15H22BrN3. The van der Waals surface area contributed by atoms with E-state index in [4.69, 9.17) is 0 Å². The first-order chi connectivity index (χ1) is 9.31. The van der Waals surface area contributed by atoms with Crippen molar-refractivity contribution >= 4 is 15.9 Å². The molecule has 104 valence electrons. The minimum absolute atomic E-state index is 0.702. The molecule has 0 amide bonds. The number of halogens is 1. The Morgan fingerprint density at radius 2 is 2.16 bits per heavy atom. The lowest BCUT2D eigenvalue weighted by Crippen LogP contribution is -2.45. The summed E-state index contributed by atoms with van der Waals surface area (Å²) in [5.41, 5.74) is 1.31. The largest absolute Gasteiger partial charge is 0.312 e. The summed E-state index contributed by atoms with van der Waals surface area (Å²) >= 11 is 3.51. The van der Waals surface area contributed by atoms with Crippen molar-refractivity contribution in [2.24, 2.45) is 0 Å². The highest BCUT2D eigenvalue weighted by Gasteiger charge is 2.26. The minimum Gasteiger partial charge on any atom is -0.312 e. The molecule has 2 heterocycles. The molecule has 1 saturated carbocycles. The lowest BCUT2D eigenvalue weighted by Gasteiger charge is -2.36. The number of likely N-dealkylation sites (tertiary alicyclic amines) is 1. The smallest absolute Gasteiger partial charge is 0.0410 e. The molecule has 19 heavy (non-hydrogen) atoms.